The number of esters is 1. The number of carbonyl (C=O) groups excluding carboxylic acids is 1. The zero-order valence-corrected chi connectivity index (χ0v) is 13.5. The van der Waals surface area contributed by atoms with E-state index < -0.39 is 11.6 Å². The van der Waals surface area contributed by atoms with E-state index in [0.29, 0.717) is 13.0 Å². The van der Waals surface area contributed by atoms with Gasteiger partial charge in [0.2, 0.25) is 0 Å². The molecule has 0 aromatic carbocycles. The maximum absolute atomic E-state index is 11.7. The zero-order valence-electron chi connectivity index (χ0n) is 13.5. The van der Waals surface area contributed by atoms with Crippen molar-refractivity contribution >= 4 is 5.97 Å². The Kier molecular flexibility index (Phi) is 10.8. The SMILES string of the molecule is CC(C)(C)OC(=O)C(N)CCCCCCCCCCO. The van der Waals surface area contributed by atoms with Gasteiger partial charge in [-0.3, -0.25) is 4.79 Å². The third kappa shape index (κ3) is 12.4. The Bertz CT molecular complexity index is 249. The molecule has 3 N–H and O–H groups in total. The lowest BCUT2D eigenvalue weighted by atomic mass is 10.0. The second-order valence-electron chi connectivity index (χ2n) is 6.48. The number of aliphatic hydroxyl groups excluding tert-OH is 1. The first-order chi connectivity index (χ1) is 9.37. The van der Waals surface area contributed by atoms with Crippen molar-refractivity contribution in [1.82, 2.24) is 0 Å². The first-order valence-electron chi connectivity index (χ1n) is 7.96. The Balaban J connectivity index is 3.44. The lowest BCUT2D eigenvalue weighted by Gasteiger charge is -2.22. The van der Waals surface area contributed by atoms with Crippen LogP contribution in [0.5, 0.6) is 0 Å². The molecule has 1 unspecified atom stereocenters. The largest absolute Gasteiger partial charge is 0.459 e. The van der Waals surface area contributed by atoms with E-state index in [2.05, 4.69) is 0 Å². The van der Waals surface area contributed by atoms with Crippen LogP contribution in [-0.4, -0.2) is 29.3 Å². The van der Waals surface area contributed by atoms with E-state index in [1.54, 1.807) is 0 Å². The summed E-state index contributed by atoms with van der Waals surface area (Å²) in [5.41, 5.74) is 5.37. The van der Waals surface area contributed by atoms with Gasteiger partial charge >= 0.3 is 5.97 Å². The number of unbranched alkanes of at least 4 members (excludes halogenated alkanes) is 7. The van der Waals surface area contributed by atoms with Gasteiger partial charge in [0.05, 0.1) is 0 Å². The zero-order chi connectivity index (χ0) is 15.4. The summed E-state index contributed by atoms with van der Waals surface area (Å²) in [6.45, 7) is 5.87. The van der Waals surface area contributed by atoms with Crippen LogP contribution >= 0.6 is 0 Å². The van der Waals surface area contributed by atoms with Crippen molar-refractivity contribution in [1.29, 1.82) is 0 Å². The molecule has 0 aliphatic carbocycles. The molecule has 0 saturated heterocycles. The monoisotopic (exact) mass is 287 g/mol. The van der Waals surface area contributed by atoms with Gasteiger partial charge in [-0.05, 0) is 33.6 Å². The molecule has 0 aliphatic rings. The average molecular weight is 287 g/mol. The molecule has 0 bridgehead atoms. The van der Waals surface area contributed by atoms with Crippen molar-refractivity contribution in [3.05, 3.63) is 0 Å². The highest BCUT2D eigenvalue weighted by Crippen LogP contribution is 2.12. The molecule has 0 aromatic heterocycles. The molecule has 0 rings (SSSR count). The number of aliphatic hydroxyl groups is 1. The van der Waals surface area contributed by atoms with E-state index in [1.807, 2.05) is 20.8 Å². The van der Waals surface area contributed by atoms with Gasteiger partial charge in [0.1, 0.15) is 11.6 Å². The molecule has 4 nitrogen and oxygen atoms in total. The molecule has 0 heterocycles. The van der Waals surface area contributed by atoms with Crippen LogP contribution < -0.4 is 5.73 Å². The third-order valence-corrected chi connectivity index (χ3v) is 3.13. The quantitative estimate of drug-likeness (QED) is 0.452. The summed E-state index contributed by atoms with van der Waals surface area (Å²) in [5.74, 6) is -0.290. The molecule has 1 atom stereocenters. The second-order valence-corrected chi connectivity index (χ2v) is 6.48. The van der Waals surface area contributed by atoms with Crippen molar-refractivity contribution in [2.24, 2.45) is 5.73 Å². The van der Waals surface area contributed by atoms with Crippen molar-refractivity contribution in [3.63, 3.8) is 0 Å². The van der Waals surface area contributed by atoms with E-state index >= 15 is 0 Å². The summed E-state index contributed by atoms with van der Waals surface area (Å²) in [5, 5.41) is 8.66. The minimum Gasteiger partial charge on any atom is -0.459 e. The molecule has 0 aromatic rings. The Morgan fingerprint density at radius 1 is 1.00 bits per heavy atom. The maximum Gasteiger partial charge on any atom is 0.323 e. The standard InChI is InChI=1S/C16H33NO3/c1-16(2,3)20-15(19)14(17)12-10-8-6-4-5-7-9-11-13-18/h14,18H,4-13,17H2,1-3H3. The fourth-order valence-electron chi connectivity index (χ4n) is 2.03. The van der Waals surface area contributed by atoms with E-state index in [-0.39, 0.29) is 5.97 Å². The van der Waals surface area contributed by atoms with Crippen LogP contribution in [0.2, 0.25) is 0 Å². The summed E-state index contributed by atoms with van der Waals surface area (Å²) in [6.07, 6.45) is 9.72. The van der Waals surface area contributed by atoms with Crippen molar-refractivity contribution in [2.45, 2.75) is 90.2 Å². The number of hydrogen-bond donors (Lipinski definition) is 2. The predicted octanol–water partition coefficient (Wildman–Crippen LogP) is 3.16. The van der Waals surface area contributed by atoms with Gasteiger partial charge in [-0.2, -0.15) is 0 Å². The molecule has 0 aliphatic heterocycles. The van der Waals surface area contributed by atoms with Gasteiger partial charge in [-0.25, -0.2) is 0 Å². The van der Waals surface area contributed by atoms with Crippen molar-refractivity contribution in [3.8, 4) is 0 Å². The van der Waals surface area contributed by atoms with Gasteiger partial charge in [-0.15, -0.1) is 0 Å². The number of hydrogen-bond acceptors (Lipinski definition) is 4. The lowest BCUT2D eigenvalue weighted by Crippen LogP contribution is -2.37. The molecule has 120 valence electrons. The molecular formula is C16H33NO3. The van der Waals surface area contributed by atoms with Crippen LogP contribution in [0.4, 0.5) is 0 Å². The summed E-state index contributed by atoms with van der Waals surface area (Å²) >= 11 is 0. The Labute approximate surface area is 124 Å². The van der Waals surface area contributed by atoms with Gasteiger partial charge in [0.15, 0.2) is 0 Å². The van der Waals surface area contributed by atoms with Crippen molar-refractivity contribution < 1.29 is 14.6 Å². The molecule has 0 saturated carbocycles. The Morgan fingerprint density at radius 2 is 1.45 bits per heavy atom. The average Bonchev–Trinajstić information content (AvgIpc) is 2.34. The van der Waals surface area contributed by atoms with Gasteiger partial charge in [-0.1, -0.05) is 44.9 Å². The fourth-order valence-corrected chi connectivity index (χ4v) is 2.03. The van der Waals surface area contributed by atoms with Crippen LogP contribution in [0, 0.1) is 0 Å². The van der Waals surface area contributed by atoms with Crippen LogP contribution in [0.3, 0.4) is 0 Å². The lowest BCUT2D eigenvalue weighted by molar-refractivity contribution is -0.156. The van der Waals surface area contributed by atoms with Crippen LogP contribution in [0.15, 0.2) is 0 Å². The van der Waals surface area contributed by atoms with E-state index in [4.69, 9.17) is 15.6 Å². The highest BCUT2D eigenvalue weighted by atomic mass is 16.6. The predicted molar refractivity (Wildman–Crippen MR) is 82.5 cm³/mol. The summed E-state index contributed by atoms with van der Waals surface area (Å²) in [4.78, 5) is 11.7. The highest BCUT2D eigenvalue weighted by Gasteiger charge is 2.21. The third-order valence-electron chi connectivity index (χ3n) is 3.13. The first kappa shape index (κ1) is 19.4. The van der Waals surface area contributed by atoms with Crippen LogP contribution in [-0.2, 0) is 9.53 Å². The van der Waals surface area contributed by atoms with Gasteiger partial charge in [0, 0.05) is 6.61 Å². The molecule has 20 heavy (non-hydrogen) atoms. The van der Waals surface area contributed by atoms with Crippen molar-refractivity contribution in [2.75, 3.05) is 6.61 Å². The topological polar surface area (TPSA) is 72.5 Å². The molecule has 0 fully saturated rings. The van der Waals surface area contributed by atoms with E-state index in [0.717, 1.165) is 25.7 Å². The Morgan fingerprint density at radius 3 is 1.90 bits per heavy atom. The number of rotatable bonds is 11. The molecular weight excluding hydrogens is 254 g/mol. The summed E-state index contributed by atoms with van der Waals surface area (Å²) in [7, 11) is 0. The maximum atomic E-state index is 11.7. The van der Waals surface area contributed by atoms with E-state index in [1.165, 1.54) is 25.7 Å². The smallest absolute Gasteiger partial charge is 0.323 e. The van der Waals surface area contributed by atoms with Gasteiger partial charge in [0.25, 0.3) is 0 Å². The molecule has 0 spiro atoms. The van der Waals surface area contributed by atoms with Crippen LogP contribution in [0.25, 0.3) is 0 Å². The van der Waals surface area contributed by atoms with E-state index in [9.17, 15) is 4.79 Å². The fraction of sp³-hybridized carbons (Fsp3) is 0.938. The summed E-state index contributed by atoms with van der Waals surface area (Å²) < 4.78 is 5.25. The number of ether oxygens (including phenoxy) is 1. The molecule has 0 radical (unpaired) electrons. The number of carbonyl (C=O) groups is 1. The molecule has 4 heteroatoms. The normalized spacial score (nSPS) is 13.2. The Hall–Kier alpha value is -0.610. The first-order valence-corrected chi connectivity index (χ1v) is 7.96. The second kappa shape index (κ2) is 11.1. The highest BCUT2D eigenvalue weighted by molar-refractivity contribution is 5.75. The molecule has 0 amide bonds. The van der Waals surface area contributed by atoms with Gasteiger partial charge < -0.3 is 15.6 Å². The minimum absolute atomic E-state index is 0.290. The summed E-state index contributed by atoms with van der Waals surface area (Å²) in [6, 6.07) is -0.487. The minimum atomic E-state index is -0.487. The van der Waals surface area contributed by atoms with Crippen LogP contribution in [0.1, 0.15) is 78.6 Å². The number of nitrogens with two attached hydrogens (primary N) is 1.